The third-order valence-corrected chi connectivity index (χ3v) is 7.33. The molecule has 0 bridgehead atoms. The standard InChI is InChI=1S/C25H28BrFN4O5S/c1-3-35-20(32)12-16-14-37-24(28-16)23-29-19(13-31-7-9-34-10-8-31)21(25(33)36-4-2)22(30-23)17-6-5-15(27)11-18(17)26/h5-6,11,14,22H,3-4,7-10,12-13H2,1-2H3,(H,29,30). The number of thiazole rings is 1. The number of benzene rings is 1. The lowest BCUT2D eigenvalue weighted by atomic mass is 9.95. The van der Waals surface area contributed by atoms with Gasteiger partial charge in [-0.25, -0.2) is 14.2 Å². The molecule has 9 nitrogen and oxygen atoms in total. The van der Waals surface area contributed by atoms with Crippen LogP contribution in [0.5, 0.6) is 0 Å². The first-order chi connectivity index (χ1) is 17.9. The molecule has 4 rings (SSSR count). The second-order valence-corrected chi connectivity index (χ2v) is 10.0. The molecule has 1 unspecified atom stereocenters. The predicted octanol–water partition coefficient (Wildman–Crippen LogP) is 3.39. The van der Waals surface area contributed by atoms with Gasteiger partial charge >= 0.3 is 11.9 Å². The lowest BCUT2D eigenvalue weighted by Gasteiger charge is -2.32. The summed E-state index contributed by atoms with van der Waals surface area (Å²) in [4.78, 5) is 36.8. The third-order valence-electron chi connectivity index (χ3n) is 5.75. The largest absolute Gasteiger partial charge is 0.466 e. The number of carbonyl (C=O) groups excluding carboxylic acids is 2. The Morgan fingerprint density at radius 1 is 1.24 bits per heavy atom. The Labute approximate surface area is 226 Å². The first-order valence-corrected chi connectivity index (χ1v) is 13.7. The van der Waals surface area contributed by atoms with Crippen LogP contribution >= 0.6 is 27.3 Å². The number of ether oxygens (including phenoxy) is 3. The molecule has 2 aliphatic rings. The van der Waals surface area contributed by atoms with Crippen LogP contribution in [-0.4, -0.2) is 73.7 Å². The van der Waals surface area contributed by atoms with Crippen molar-refractivity contribution in [2.24, 2.45) is 4.99 Å². The van der Waals surface area contributed by atoms with Gasteiger partial charge in [0.25, 0.3) is 0 Å². The Morgan fingerprint density at radius 3 is 2.70 bits per heavy atom. The van der Waals surface area contributed by atoms with E-state index in [1.165, 1.54) is 23.5 Å². The number of hydrogen-bond donors (Lipinski definition) is 1. The molecule has 198 valence electrons. The van der Waals surface area contributed by atoms with Gasteiger partial charge in [-0.15, -0.1) is 11.3 Å². The number of aliphatic imine (C=N–C) groups is 1. The number of nitrogens with zero attached hydrogens (tertiary/aromatic N) is 3. The molecule has 0 amide bonds. The summed E-state index contributed by atoms with van der Waals surface area (Å²) in [6.07, 6.45) is 0.0507. The summed E-state index contributed by atoms with van der Waals surface area (Å²) in [5.74, 6) is -0.807. The minimum atomic E-state index is -0.765. The van der Waals surface area contributed by atoms with Crippen LogP contribution in [0.25, 0.3) is 0 Å². The summed E-state index contributed by atoms with van der Waals surface area (Å²) in [7, 11) is 0. The van der Waals surface area contributed by atoms with Gasteiger partial charge in [-0.05, 0) is 31.5 Å². The van der Waals surface area contributed by atoms with Crippen molar-refractivity contribution in [3.05, 3.63) is 61.4 Å². The van der Waals surface area contributed by atoms with Crippen molar-refractivity contribution in [3.8, 4) is 0 Å². The Balaban J connectivity index is 1.76. The number of rotatable bonds is 9. The number of carbonyl (C=O) groups is 2. The van der Waals surface area contributed by atoms with Crippen molar-refractivity contribution in [1.29, 1.82) is 0 Å². The van der Waals surface area contributed by atoms with Crippen LogP contribution in [0, 0.1) is 5.82 Å². The Morgan fingerprint density at radius 2 is 2.00 bits per heavy atom. The number of nitrogens with one attached hydrogen (secondary N) is 1. The highest BCUT2D eigenvalue weighted by Gasteiger charge is 2.35. The molecule has 3 heterocycles. The summed E-state index contributed by atoms with van der Waals surface area (Å²) in [5, 5.41) is 5.66. The van der Waals surface area contributed by atoms with Crippen LogP contribution in [0.4, 0.5) is 4.39 Å². The van der Waals surface area contributed by atoms with E-state index in [9.17, 15) is 14.0 Å². The van der Waals surface area contributed by atoms with Crippen LogP contribution in [0.15, 0.2) is 44.3 Å². The van der Waals surface area contributed by atoms with E-state index in [4.69, 9.17) is 19.2 Å². The molecule has 1 aromatic carbocycles. The number of esters is 2. The van der Waals surface area contributed by atoms with Gasteiger partial charge in [-0.1, -0.05) is 22.0 Å². The maximum atomic E-state index is 13.9. The average Bonchev–Trinajstić information content (AvgIpc) is 3.33. The van der Waals surface area contributed by atoms with Gasteiger partial charge in [0.1, 0.15) is 11.9 Å². The summed E-state index contributed by atoms with van der Waals surface area (Å²) in [6.45, 7) is 7.04. The summed E-state index contributed by atoms with van der Waals surface area (Å²) >= 11 is 4.77. The molecular formula is C25H28BrFN4O5S. The normalized spacial score (nSPS) is 18.3. The molecule has 1 atom stereocenters. The third kappa shape index (κ3) is 6.81. The molecule has 0 aliphatic carbocycles. The second-order valence-electron chi connectivity index (χ2n) is 8.30. The average molecular weight is 595 g/mol. The first-order valence-electron chi connectivity index (χ1n) is 12.0. The van der Waals surface area contributed by atoms with E-state index >= 15 is 0 Å². The van der Waals surface area contributed by atoms with E-state index in [0.29, 0.717) is 77.3 Å². The summed E-state index contributed by atoms with van der Waals surface area (Å²) in [6, 6.07) is 3.52. The smallest absolute Gasteiger partial charge is 0.338 e. The highest BCUT2D eigenvalue weighted by Crippen LogP contribution is 2.37. The Bertz CT molecular complexity index is 1210. The van der Waals surface area contributed by atoms with Crippen LogP contribution < -0.4 is 5.32 Å². The van der Waals surface area contributed by atoms with Gasteiger partial charge in [-0.3, -0.25) is 14.7 Å². The van der Waals surface area contributed by atoms with Crippen molar-refractivity contribution in [2.75, 3.05) is 46.1 Å². The van der Waals surface area contributed by atoms with Gasteiger partial charge < -0.3 is 19.5 Å². The number of amidine groups is 1. The summed E-state index contributed by atoms with van der Waals surface area (Å²) < 4.78 is 30.4. The molecule has 1 N–H and O–H groups in total. The van der Waals surface area contributed by atoms with Crippen LogP contribution in [0.2, 0.25) is 0 Å². The van der Waals surface area contributed by atoms with Crippen LogP contribution in [0.3, 0.4) is 0 Å². The molecule has 1 saturated heterocycles. The predicted molar refractivity (Wildman–Crippen MR) is 140 cm³/mol. The van der Waals surface area contributed by atoms with Crippen molar-refractivity contribution < 1.29 is 28.2 Å². The molecule has 2 aromatic rings. The number of morpholine rings is 1. The molecule has 12 heteroatoms. The van der Waals surface area contributed by atoms with Gasteiger partial charge in [0, 0.05) is 35.2 Å². The zero-order chi connectivity index (χ0) is 26.4. The van der Waals surface area contributed by atoms with Crippen molar-refractivity contribution in [1.82, 2.24) is 15.2 Å². The zero-order valence-corrected chi connectivity index (χ0v) is 23.0. The van der Waals surface area contributed by atoms with Gasteiger partial charge in [0.05, 0.1) is 44.1 Å². The Hall–Kier alpha value is -2.67. The van der Waals surface area contributed by atoms with Crippen LogP contribution in [0.1, 0.15) is 36.2 Å². The molecular weight excluding hydrogens is 567 g/mol. The topological polar surface area (TPSA) is 102 Å². The fourth-order valence-electron chi connectivity index (χ4n) is 4.07. The number of hydrogen-bond acceptors (Lipinski definition) is 10. The molecule has 2 aliphatic heterocycles. The van der Waals surface area contributed by atoms with E-state index in [2.05, 4.69) is 31.1 Å². The molecule has 0 saturated carbocycles. The lowest BCUT2D eigenvalue weighted by molar-refractivity contribution is -0.142. The monoisotopic (exact) mass is 594 g/mol. The molecule has 0 radical (unpaired) electrons. The van der Waals surface area contributed by atoms with E-state index in [1.54, 1.807) is 25.3 Å². The van der Waals surface area contributed by atoms with Gasteiger partial charge in [-0.2, -0.15) is 0 Å². The minimum Gasteiger partial charge on any atom is -0.466 e. The minimum absolute atomic E-state index is 0.0507. The number of aromatic nitrogens is 1. The maximum absolute atomic E-state index is 13.9. The SMILES string of the molecule is CCOC(=O)Cc1csc(C2=NC(c3ccc(F)cc3Br)C(C(=O)OCC)=C(CN3CCOCC3)N2)n1. The lowest BCUT2D eigenvalue weighted by Crippen LogP contribution is -2.43. The zero-order valence-electron chi connectivity index (χ0n) is 20.6. The fourth-order valence-corrected chi connectivity index (χ4v) is 5.40. The highest BCUT2D eigenvalue weighted by molar-refractivity contribution is 9.10. The van der Waals surface area contributed by atoms with E-state index in [1.807, 2.05) is 0 Å². The first kappa shape index (κ1) is 27.4. The number of halogens is 2. The summed E-state index contributed by atoms with van der Waals surface area (Å²) in [5.41, 5.74) is 2.17. The fraction of sp³-hybridized carbons (Fsp3) is 0.440. The van der Waals surface area contributed by atoms with E-state index in [-0.39, 0.29) is 19.0 Å². The van der Waals surface area contributed by atoms with Crippen molar-refractivity contribution in [3.63, 3.8) is 0 Å². The highest BCUT2D eigenvalue weighted by atomic mass is 79.9. The molecule has 1 fully saturated rings. The molecule has 1 aromatic heterocycles. The molecule has 37 heavy (non-hydrogen) atoms. The quantitative estimate of drug-likeness (QED) is 0.441. The van der Waals surface area contributed by atoms with E-state index in [0.717, 1.165) is 0 Å². The maximum Gasteiger partial charge on any atom is 0.338 e. The molecule has 0 spiro atoms. The van der Waals surface area contributed by atoms with Crippen molar-refractivity contribution >= 4 is 45.0 Å². The van der Waals surface area contributed by atoms with Gasteiger partial charge in [0.15, 0.2) is 10.8 Å². The second kappa shape index (κ2) is 12.7. The van der Waals surface area contributed by atoms with Crippen LogP contribution in [-0.2, 0) is 30.2 Å². The van der Waals surface area contributed by atoms with Crippen molar-refractivity contribution in [2.45, 2.75) is 26.3 Å². The van der Waals surface area contributed by atoms with E-state index < -0.39 is 17.8 Å². The van der Waals surface area contributed by atoms with Gasteiger partial charge in [0.2, 0.25) is 0 Å². The Kier molecular flexibility index (Phi) is 9.41.